The predicted molar refractivity (Wildman–Crippen MR) is 86.5 cm³/mol. The van der Waals surface area contributed by atoms with E-state index in [1.807, 2.05) is 0 Å². The van der Waals surface area contributed by atoms with Crippen molar-refractivity contribution >= 4 is 29.3 Å². The summed E-state index contributed by atoms with van der Waals surface area (Å²) in [7, 11) is 0. The number of nitrogens with one attached hydrogen (secondary N) is 2. The molecule has 0 spiro atoms. The monoisotopic (exact) mass is 370 g/mol. The van der Waals surface area contributed by atoms with Gasteiger partial charge in [0.25, 0.3) is 0 Å². The van der Waals surface area contributed by atoms with E-state index in [1.54, 1.807) is 12.1 Å². The average Bonchev–Trinajstić information content (AvgIpc) is 3.06. The third kappa shape index (κ3) is 4.13. The van der Waals surface area contributed by atoms with Gasteiger partial charge in [-0.25, -0.2) is 4.68 Å². The Kier molecular flexibility index (Phi) is 4.71. The minimum absolute atomic E-state index is 0.189. The number of benzene rings is 1. The number of nitrogens with zero attached hydrogens (tertiary/aromatic N) is 2. The Morgan fingerprint density at radius 1 is 1.28 bits per heavy atom. The zero-order chi connectivity index (χ0) is 18.0. The van der Waals surface area contributed by atoms with Crippen LogP contribution in [0, 0.1) is 0 Å². The highest BCUT2D eigenvalue weighted by molar-refractivity contribution is 8.00. The van der Waals surface area contributed by atoms with Gasteiger partial charge in [0.05, 0.1) is 11.4 Å². The van der Waals surface area contributed by atoms with E-state index in [2.05, 4.69) is 15.7 Å². The molecule has 2 aromatic rings. The number of carbonyl (C=O) groups excluding carboxylic acids is 2. The summed E-state index contributed by atoms with van der Waals surface area (Å²) < 4.78 is 38.8. The first-order valence-electron chi connectivity index (χ1n) is 7.24. The second kappa shape index (κ2) is 6.79. The number of amides is 2. The van der Waals surface area contributed by atoms with Gasteiger partial charge in [-0.3, -0.25) is 9.59 Å². The molecule has 2 heterocycles. The van der Waals surface area contributed by atoms with Gasteiger partial charge in [0.15, 0.2) is 5.69 Å². The Morgan fingerprint density at radius 3 is 2.60 bits per heavy atom. The van der Waals surface area contributed by atoms with Gasteiger partial charge in [-0.05, 0) is 30.3 Å². The van der Waals surface area contributed by atoms with E-state index in [-0.39, 0.29) is 11.8 Å². The SMILES string of the molecule is O=C1CSC[C@@H](C(=O)Nc2ccc(-n3ccc(C(F)(F)F)n3)cc2)N1. The zero-order valence-electron chi connectivity index (χ0n) is 12.7. The summed E-state index contributed by atoms with van der Waals surface area (Å²) in [6, 6.07) is 6.47. The van der Waals surface area contributed by atoms with Crippen molar-refractivity contribution in [3.63, 3.8) is 0 Å². The third-order valence-electron chi connectivity index (χ3n) is 3.45. The van der Waals surface area contributed by atoms with Crippen molar-refractivity contribution in [2.45, 2.75) is 12.2 Å². The van der Waals surface area contributed by atoms with Crippen LogP contribution in [0.2, 0.25) is 0 Å². The lowest BCUT2D eigenvalue weighted by atomic mass is 10.2. The number of rotatable bonds is 3. The van der Waals surface area contributed by atoms with E-state index in [9.17, 15) is 22.8 Å². The van der Waals surface area contributed by atoms with Crippen molar-refractivity contribution < 1.29 is 22.8 Å². The predicted octanol–water partition coefficient (Wildman–Crippen LogP) is 2.06. The maximum absolute atomic E-state index is 12.6. The summed E-state index contributed by atoms with van der Waals surface area (Å²) in [4.78, 5) is 23.4. The molecule has 0 unspecified atom stereocenters. The Balaban J connectivity index is 1.67. The van der Waals surface area contributed by atoms with Gasteiger partial charge in [-0.1, -0.05) is 0 Å². The van der Waals surface area contributed by atoms with Crippen LogP contribution in [-0.4, -0.2) is 39.1 Å². The minimum Gasteiger partial charge on any atom is -0.343 e. The van der Waals surface area contributed by atoms with E-state index < -0.39 is 17.9 Å². The van der Waals surface area contributed by atoms with Crippen molar-refractivity contribution in [1.29, 1.82) is 0 Å². The lowest BCUT2D eigenvalue weighted by Gasteiger charge is -2.22. The summed E-state index contributed by atoms with van der Waals surface area (Å²) >= 11 is 1.38. The number of alkyl halides is 3. The maximum Gasteiger partial charge on any atom is 0.435 e. The molecule has 1 fully saturated rings. The van der Waals surface area contributed by atoms with Crippen LogP contribution < -0.4 is 10.6 Å². The molecule has 1 aromatic heterocycles. The van der Waals surface area contributed by atoms with Crippen LogP contribution in [0.15, 0.2) is 36.5 Å². The fourth-order valence-electron chi connectivity index (χ4n) is 2.23. The molecular weight excluding hydrogens is 357 g/mol. The molecule has 2 N–H and O–H groups in total. The van der Waals surface area contributed by atoms with Crippen molar-refractivity contribution in [1.82, 2.24) is 15.1 Å². The fourth-order valence-corrected chi connectivity index (χ4v) is 3.09. The molecule has 6 nitrogen and oxygen atoms in total. The van der Waals surface area contributed by atoms with E-state index in [1.165, 1.54) is 30.1 Å². The number of aromatic nitrogens is 2. The molecule has 10 heteroatoms. The van der Waals surface area contributed by atoms with E-state index in [0.29, 0.717) is 22.9 Å². The first-order chi connectivity index (χ1) is 11.8. The van der Waals surface area contributed by atoms with Gasteiger partial charge in [0.2, 0.25) is 11.8 Å². The molecule has 1 aliphatic rings. The summed E-state index contributed by atoms with van der Waals surface area (Å²) in [5, 5.41) is 8.74. The highest BCUT2D eigenvalue weighted by Crippen LogP contribution is 2.28. The van der Waals surface area contributed by atoms with Crippen molar-refractivity contribution in [3.8, 4) is 5.69 Å². The molecule has 2 amide bonds. The molecule has 1 saturated heterocycles. The van der Waals surface area contributed by atoms with Crippen LogP contribution in [-0.2, 0) is 15.8 Å². The van der Waals surface area contributed by atoms with Crippen molar-refractivity contribution in [2.75, 3.05) is 16.8 Å². The number of carbonyl (C=O) groups is 2. The van der Waals surface area contributed by atoms with Gasteiger partial charge in [-0.2, -0.15) is 18.3 Å². The molecule has 0 aliphatic carbocycles. The first-order valence-corrected chi connectivity index (χ1v) is 8.40. The van der Waals surface area contributed by atoms with Crippen LogP contribution in [0.1, 0.15) is 5.69 Å². The quantitative estimate of drug-likeness (QED) is 0.867. The minimum atomic E-state index is -4.50. The van der Waals surface area contributed by atoms with Crippen LogP contribution in [0.3, 0.4) is 0 Å². The number of thioether (sulfide) groups is 1. The number of halogens is 3. The first kappa shape index (κ1) is 17.3. The maximum atomic E-state index is 12.6. The molecule has 1 aromatic carbocycles. The third-order valence-corrected chi connectivity index (χ3v) is 4.48. The topological polar surface area (TPSA) is 76.0 Å². The molecule has 3 rings (SSSR count). The Hall–Kier alpha value is -2.49. The molecule has 25 heavy (non-hydrogen) atoms. The summed E-state index contributed by atoms with van der Waals surface area (Å²) in [6.07, 6.45) is -3.28. The number of hydrogen-bond acceptors (Lipinski definition) is 4. The Bertz CT molecular complexity index is 789. The Labute approximate surface area is 144 Å². The normalized spacial score (nSPS) is 17.9. The van der Waals surface area contributed by atoms with Gasteiger partial charge >= 0.3 is 6.18 Å². The molecule has 132 valence electrons. The Morgan fingerprint density at radius 2 is 2.00 bits per heavy atom. The van der Waals surface area contributed by atoms with Crippen LogP contribution in [0.25, 0.3) is 5.69 Å². The van der Waals surface area contributed by atoms with E-state index in [0.717, 1.165) is 10.7 Å². The van der Waals surface area contributed by atoms with Crippen molar-refractivity contribution in [2.24, 2.45) is 0 Å². The van der Waals surface area contributed by atoms with Crippen molar-refractivity contribution in [3.05, 3.63) is 42.2 Å². The lowest BCUT2D eigenvalue weighted by molar-refractivity contribution is -0.141. The van der Waals surface area contributed by atoms with Gasteiger partial charge in [-0.15, -0.1) is 11.8 Å². The molecule has 0 radical (unpaired) electrons. The summed E-state index contributed by atoms with van der Waals surface area (Å²) in [5.74, 6) is 0.295. The number of hydrogen-bond donors (Lipinski definition) is 2. The molecule has 0 bridgehead atoms. The van der Waals surface area contributed by atoms with Gasteiger partial charge in [0, 0.05) is 17.6 Å². The lowest BCUT2D eigenvalue weighted by Crippen LogP contribution is -2.49. The fraction of sp³-hybridized carbons (Fsp3) is 0.267. The van der Waals surface area contributed by atoms with E-state index >= 15 is 0 Å². The summed E-state index contributed by atoms with van der Waals surface area (Å²) in [5.41, 5.74) is -0.0767. The van der Waals surface area contributed by atoms with Gasteiger partial charge in [0.1, 0.15) is 6.04 Å². The number of anilines is 1. The smallest absolute Gasteiger partial charge is 0.343 e. The molecule has 1 aliphatic heterocycles. The molecular formula is C15H13F3N4O2S. The van der Waals surface area contributed by atoms with Gasteiger partial charge < -0.3 is 10.6 Å². The molecule has 1 atom stereocenters. The van der Waals surface area contributed by atoms with Crippen LogP contribution >= 0.6 is 11.8 Å². The van der Waals surface area contributed by atoms with Crippen LogP contribution in [0.4, 0.5) is 18.9 Å². The zero-order valence-corrected chi connectivity index (χ0v) is 13.5. The molecule has 0 saturated carbocycles. The standard InChI is InChI=1S/C15H13F3N4O2S/c16-15(17,18)12-5-6-22(21-12)10-3-1-9(2-4-10)19-14(24)11-7-25-8-13(23)20-11/h1-6,11H,7-8H2,(H,19,24)(H,20,23)/t11-/m0/s1. The largest absolute Gasteiger partial charge is 0.435 e. The van der Waals surface area contributed by atoms with Crippen LogP contribution in [0.5, 0.6) is 0 Å². The van der Waals surface area contributed by atoms with E-state index in [4.69, 9.17) is 0 Å². The summed E-state index contributed by atoms with van der Waals surface area (Å²) in [6.45, 7) is 0. The second-order valence-corrected chi connectivity index (χ2v) is 6.34. The average molecular weight is 370 g/mol. The highest BCUT2D eigenvalue weighted by atomic mass is 32.2. The highest BCUT2D eigenvalue weighted by Gasteiger charge is 2.33. The second-order valence-electron chi connectivity index (χ2n) is 5.31.